The molecule has 25 heavy (non-hydrogen) atoms. The first-order valence-electron chi connectivity index (χ1n) is 7.89. The highest BCUT2D eigenvalue weighted by molar-refractivity contribution is 6.25. The summed E-state index contributed by atoms with van der Waals surface area (Å²) in [6.45, 7) is 1.89. The normalized spacial score (nSPS) is 17.8. The fraction of sp³-hybridized carbons (Fsp3) is 0.150. The first-order valence-corrected chi connectivity index (χ1v) is 7.89. The summed E-state index contributed by atoms with van der Waals surface area (Å²) < 4.78 is 0. The number of ketones is 1. The lowest BCUT2D eigenvalue weighted by atomic mass is 10.1. The number of fused-ring (bicyclic) bond motifs is 1. The summed E-state index contributed by atoms with van der Waals surface area (Å²) in [5.74, 6) is -1.11. The number of pyridine rings is 1. The van der Waals surface area contributed by atoms with Gasteiger partial charge < -0.3 is 10.0 Å². The standard InChI is InChI=1S/C20H18N2O3/c1-13(7-8-17(23)19-18(24)12-22(2)20(19)25)11-14-9-10-21-16-6-4-3-5-15(14)16/h3-11,23H,12H2,1-2H3/b8-7+,13-11+,19-17?. The fourth-order valence-electron chi connectivity index (χ4n) is 2.76. The van der Waals surface area contributed by atoms with Gasteiger partial charge in [-0.05, 0) is 30.7 Å². The molecule has 1 aromatic carbocycles. The summed E-state index contributed by atoms with van der Waals surface area (Å²) in [5, 5.41) is 11.1. The maximum absolute atomic E-state index is 11.9. The van der Waals surface area contributed by atoms with Crippen molar-refractivity contribution in [2.24, 2.45) is 0 Å². The largest absolute Gasteiger partial charge is 0.507 e. The number of carbonyl (C=O) groups excluding carboxylic acids is 2. The van der Waals surface area contributed by atoms with E-state index in [2.05, 4.69) is 4.98 Å². The minimum atomic E-state index is -0.450. The van der Waals surface area contributed by atoms with Gasteiger partial charge in [-0.15, -0.1) is 0 Å². The summed E-state index contributed by atoms with van der Waals surface area (Å²) in [7, 11) is 1.53. The van der Waals surface area contributed by atoms with Crippen LogP contribution in [0, 0.1) is 0 Å². The summed E-state index contributed by atoms with van der Waals surface area (Å²) in [5.41, 5.74) is 2.63. The Labute approximate surface area is 145 Å². The fourth-order valence-corrected chi connectivity index (χ4v) is 2.76. The molecule has 0 unspecified atom stereocenters. The molecular weight excluding hydrogens is 316 g/mol. The van der Waals surface area contributed by atoms with Gasteiger partial charge in [-0.3, -0.25) is 14.6 Å². The molecule has 1 aliphatic heterocycles. The Kier molecular flexibility index (Phi) is 4.48. The van der Waals surface area contributed by atoms with Gasteiger partial charge in [0.1, 0.15) is 11.3 Å². The van der Waals surface area contributed by atoms with E-state index >= 15 is 0 Å². The van der Waals surface area contributed by atoms with Crippen molar-refractivity contribution in [3.63, 3.8) is 0 Å². The van der Waals surface area contributed by atoms with E-state index < -0.39 is 5.91 Å². The number of para-hydroxylation sites is 1. The maximum Gasteiger partial charge on any atom is 0.261 e. The summed E-state index contributed by atoms with van der Waals surface area (Å²) >= 11 is 0. The Bertz CT molecular complexity index is 949. The second kappa shape index (κ2) is 6.73. The molecule has 2 aromatic rings. The number of hydrogen-bond acceptors (Lipinski definition) is 4. The van der Waals surface area contributed by atoms with Crippen LogP contribution in [0.2, 0.25) is 0 Å². The number of allylic oxidation sites excluding steroid dienone is 3. The van der Waals surface area contributed by atoms with Crippen LogP contribution in [0.15, 0.2) is 65.6 Å². The molecule has 3 rings (SSSR count). The number of nitrogens with zero attached hydrogens (tertiary/aromatic N) is 2. The van der Waals surface area contributed by atoms with E-state index in [1.165, 1.54) is 18.0 Å². The number of amides is 1. The number of hydrogen-bond donors (Lipinski definition) is 1. The number of Topliss-reactive ketones (excluding diaryl/α,β-unsaturated/α-hetero) is 1. The van der Waals surface area contributed by atoms with Crippen molar-refractivity contribution in [1.82, 2.24) is 9.88 Å². The van der Waals surface area contributed by atoms with Crippen molar-refractivity contribution in [2.45, 2.75) is 6.92 Å². The lowest BCUT2D eigenvalue weighted by Crippen LogP contribution is -2.19. The molecule has 0 aliphatic carbocycles. The van der Waals surface area contributed by atoms with Gasteiger partial charge in [0.25, 0.3) is 5.91 Å². The van der Waals surface area contributed by atoms with Crippen molar-refractivity contribution in [2.75, 3.05) is 13.6 Å². The molecule has 1 aromatic heterocycles. The van der Waals surface area contributed by atoms with Crippen LogP contribution in [0.1, 0.15) is 12.5 Å². The molecule has 1 saturated heterocycles. The van der Waals surface area contributed by atoms with Crippen molar-refractivity contribution in [1.29, 1.82) is 0 Å². The SMILES string of the molecule is CC(/C=C/C(O)=C1C(=O)CN(C)C1=O)=C\c1ccnc2ccccc12. The Balaban J connectivity index is 1.90. The van der Waals surface area contributed by atoms with Gasteiger partial charge in [0.15, 0.2) is 5.78 Å². The van der Waals surface area contributed by atoms with Gasteiger partial charge in [-0.2, -0.15) is 0 Å². The Hall–Kier alpha value is -3.21. The van der Waals surface area contributed by atoms with Crippen LogP contribution in [0.25, 0.3) is 17.0 Å². The number of aliphatic hydroxyl groups is 1. The maximum atomic E-state index is 11.9. The van der Waals surface area contributed by atoms with Crippen molar-refractivity contribution in [3.8, 4) is 0 Å². The number of likely N-dealkylation sites (N-methyl/N-ethyl adjacent to an activating group) is 1. The second-order valence-electron chi connectivity index (χ2n) is 5.98. The summed E-state index contributed by atoms with van der Waals surface area (Å²) in [6.07, 6.45) is 6.77. The number of rotatable bonds is 3. The van der Waals surface area contributed by atoms with Crippen molar-refractivity contribution < 1.29 is 14.7 Å². The Morgan fingerprint density at radius 2 is 1.96 bits per heavy atom. The van der Waals surface area contributed by atoms with Gasteiger partial charge in [0, 0.05) is 18.6 Å². The molecule has 1 N–H and O–H groups in total. The van der Waals surface area contributed by atoms with Crippen LogP contribution in [-0.4, -0.2) is 40.3 Å². The van der Waals surface area contributed by atoms with E-state index in [0.29, 0.717) is 0 Å². The highest BCUT2D eigenvalue weighted by Gasteiger charge is 2.33. The lowest BCUT2D eigenvalue weighted by Gasteiger charge is -2.03. The molecule has 0 spiro atoms. The van der Waals surface area contributed by atoms with Crippen LogP contribution in [-0.2, 0) is 9.59 Å². The van der Waals surface area contributed by atoms with E-state index in [0.717, 1.165) is 22.0 Å². The van der Waals surface area contributed by atoms with Crippen LogP contribution in [0.3, 0.4) is 0 Å². The quantitative estimate of drug-likeness (QED) is 0.405. The van der Waals surface area contributed by atoms with Crippen LogP contribution in [0.5, 0.6) is 0 Å². The van der Waals surface area contributed by atoms with Gasteiger partial charge in [0.05, 0.1) is 12.1 Å². The second-order valence-corrected chi connectivity index (χ2v) is 5.98. The van der Waals surface area contributed by atoms with Gasteiger partial charge in [0.2, 0.25) is 0 Å². The van der Waals surface area contributed by atoms with E-state index in [-0.39, 0.29) is 23.7 Å². The third kappa shape index (κ3) is 3.35. The topological polar surface area (TPSA) is 70.5 Å². The van der Waals surface area contributed by atoms with Crippen LogP contribution in [0.4, 0.5) is 0 Å². The van der Waals surface area contributed by atoms with E-state index in [4.69, 9.17) is 0 Å². The molecule has 0 radical (unpaired) electrons. The number of aliphatic hydroxyl groups excluding tert-OH is 1. The monoisotopic (exact) mass is 334 g/mol. The van der Waals surface area contributed by atoms with Crippen molar-refractivity contribution >= 4 is 28.7 Å². The molecule has 5 nitrogen and oxygen atoms in total. The minimum absolute atomic E-state index is 0.00386. The zero-order valence-electron chi connectivity index (χ0n) is 14.1. The van der Waals surface area contributed by atoms with Gasteiger partial charge >= 0.3 is 0 Å². The van der Waals surface area contributed by atoms with E-state index in [1.54, 1.807) is 12.3 Å². The molecule has 1 amide bonds. The first kappa shape index (κ1) is 16.6. The Morgan fingerprint density at radius 1 is 1.20 bits per heavy atom. The molecule has 1 fully saturated rings. The van der Waals surface area contributed by atoms with E-state index in [9.17, 15) is 14.7 Å². The molecule has 5 heteroatoms. The van der Waals surface area contributed by atoms with E-state index in [1.807, 2.05) is 43.3 Å². The third-order valence-corrected chi connectivity index (χ3v) is 4.05. The molecular formula is C20H18N2O3. The smallest absolute Gasteiger partial charge is 0.261 e. The summed E-state index contributed by atoms with van der Waals surface area (Å²) in [6, 6.07) is 9.75. The summed E-state index contributed by atoms with van der Waals surface area (Å²) in [4.78, 5) is 29.3. The predicted molar refractivity (Wildman–Crippen MR) is 96.8 cm³/mol. The predicted octanol–water partition coefficient (Wildman–Crippen LogP) is 3.05. The highest BCUT2D eigenvalue weighted by Crippen LogP contribution is 2.20. The molecule has 2 heterocycles. The van der Waals surface area contributed by atoms with Crippen LogP contribution >= 0.6 is 0 Å². The zero-order valence-corrected chi connectivity index (χ0v) is 14.1. The average molecular weight is 334 g/mol. The molecule has 1 aliphatic rings. The number of aromatic nitrogens is 1. The number of likely N-dealkylation sites (tertiary alicyclic amines) is 1. The highest BCUT2D eigenvalue weighted by atomic mass is 16.3. The number of benzene rings is 1. The van der Waals surface area contributed by atoms with Crippen molar-refractivity contribution in [3.05, 3.63) is 71.1 Å². The minimum Gasteiger partial charge on any atom is -0.507 e. The average Bonchev–Trinajstić information content (AvgIpc) is 2.85. The lowest BCUT2D eigenvalue weighted by molar-refractivity contribution is -0.123. The Morgan fingerprint density at radius 3 is 2.68 bits per heavy atom. The van der Waals surface area contributed by atoms with Gasteiger partial charge in [-0.25, -0.2) is 0 Å². The first-order chi connectivity index (χ1) is 12.0. The third-order valence-electron chi connectivity index (χ3n) is 4.05. The molecule has 0 atom stereocenters. The molecule has 126 valence electrons. The van der Waals surface area contributed by atoms with Gasteiger partial charge in [-0.1, -0.05) is 35.9 Å². The molecule has 0 saturated carbocycles. The molecule has 0 bridgehead atoms. The number of carbonyl (C=O) groups is 2. The van der Waals surface area contributed by atoms with Crippen LogP contribution < -0.4 is 0 Å². The zero-order chi connectivity index (χ0) is 18.0.